The van der Waals surface area contributed by atoms with Gasteiger partial charge in [-0.25, -0.2) is 14.2 Å². The predicted octanol–water partition coefficient (Wildman–Crippen LogP) is 11.1. The number of amides is 2. The van der Waals surface area contributed by atoms with Crippen LogP contribution in [-0.4, -0.2) is 60.8 Å². The first kappa shape index (κ1) is 46.2. The number of halogens is 4. The van der Waals surface area contributed by atoms with Crippen LogP contribution in [0.5, 0.6) is 5.75 Å². The largest absolute Gasteiger partial charge is 0.573 e. The maximum Gasteiger partial charge on any atom is 0.573 e. The fourth-order valence-corrected chi connectivity index (χ4v) is 5.74. The number of urea groups is 1. The topological polar surface area (TPSA) is 92.5 Å². The summed E-state index contributed by atoms with van der Waals surface area (Å²) >= 11 is 1.23. The third-order valence-electron chi connectivity index (χ3n) is 7.94. The lowest BCUT2D eigenvalue weighted by Gasteiger charge is -2.24. The number of allylic oxidation sites excluding steroid dienone is 1. The number of aryl methyl sites for hydroxylation is 3. The molecule has 0 saturated carbocycles. The van der Waals surface area contributed by atoms with Gasteiger partial charge in [-0.3, -0.25) is 9.79 Å². The van der Waals surface area contributed by atoms with E-state index < -0.39 is 18.6 Å². The van der Waals surface area contributed by atoms with Crippen LogP contribution in [-0.2, 0) is 4.79 Å². The lowest BCUT2D eigenvalue weighted by Crippen LogP contribution is -2.33. The number of rotatable bonds is 11. The Labute approximate surface area is 311 Å². The minimum Gasteiger partial charge on any atom is -0.406 e. The molecule has 0 bridgehead atoms. The fourth-order valence-electron chi connectivity index (χ4n) is 5.02. The van der Waals surface area contributed by atoms with Gasteiger partial charge in [-0.1, -0.05) is 81.7 Å². The Balaban J connectivity index is 0.000000476. The van der Waals surface area contributed by atoms with Gasteiger partial charge in [0.2, 0.25) is 0 Å². The van der Waals surface area contributed by atoms with Crippen molar-refractivity contribution in [1.82, 2.24) is 5.32 Å². The molecule has 0 saturated heterocycles. The molecular weight excluding hydrogens is 693 g/mol. The highest BCUT2D eigenvalue weighted by atomic mass is 32.2. The van der Waals surface area contributed by atoms with Crippen molar-refractivity contribution in [2.24, 2.45) is 20.9 Å². The molecule has 2 aromatic carbocycles. The lowest BCUT2D eigenvalue weighted by molar-refractivity contribution is -0.274. The molecule has 12 heteroatoms. The minimum atomic E-state index is -4.60. The molecule has 0 fully saturated rings. The molecule has 288 valence electrons. The minimum absolute atomic E-state index is 0.0641. The summed E-state index contributed by atoms with van der Waals surface area (Å²) in [6.07, 6.45) is 2.60. The number of Topliss-reactive ketones (excluding diaryl/α,β-unsaturated/α-hetero) is 1. The highest BCUT2D eigenvalue weighted by Crippen LogP contribution is 2.29. The van der Waals surface area contributed by atoms with Crippen molar-refractivity contribution in [3.63, 3.8) is 0 Å². The van der Waals surface area contributed by atoms with E-state index in [1.807, 2.05) is 12.3 Å². The van der Waals surface area contributed by atoms with E-state index in [4.69, 9.17) is 0 Å². The van der Waals surface area contributed by atoms with Gasteiger partial charge in [-0.2, -0.15) is 4.99 Å². The van der Waals surface area contributed by atoms with E-state index in [9.17, 15) is 27.2 Å². The zero-order valence-corrected chi connectivity index (χ0v) is 32.9. The molecule has 0 aromatic heterocycles. The molecule has 2 unspecified atom stereocenters. The Hall–Kier alpha value is -3.80. The summed E-state index contributed by atoms with van der Waals surface area (Å²) in [5.41, 5.74) is 6.19. The van der Waals surface area contributed by atoms with Crippen LogP contribution in [0, 0.1) is 26.7 Å². The molecule has 1 aliphatic rings. The van der Waals surface area contributed by atoms with Crippen LogP contribution in [0.4, 0.5) is 22.4 Å². The average Bonchev–Trinajstić information content (AvgIpc) is 3.09. The number of nitrogens with zero attached hydrogens (tertiary/aromatic N) is 3. The van der Waals surface area contributed by atoms with Crippen LogP contribution in [0.15, 0.2) is 69.1 Å². The number of amidine groups is 1. The van der Waals surface area contributed by atoms with E-state index in [-0.39, 0.29) is 24.0 Å². The van der Waals surface area contributed by atoms with Crippen molar-refractivity contribution in [2.75, 3.05) is 19.3 Å². The SMILES string of the molecule is CCCC=NC(=NC)C1=CCC(C(F)CNC(=O)/N=C(/C)SCC(=O)CC)CC1.Cc1ccc(C(C)C)c(C)c1.Cc1ccc(OC(F)(F)F)cc1. The molecule has 3 rings (SSSR count). The van der Waals surface area contributed by atoms with Gasteiger partial charge in [0.25, 0.3) is 0 Å². The number of alkyl halides is 4. The van der Waals surface area contributed by atoms with E-state index in [1.54, 1.807) is 40.0 Å². The number of benzene rings is 2. The number of nitrogens with one attached hydrogen (secondary N) is 1. The van der Waals surface area contributed by atoms with Crippen molar-refractivity contribution in [2.45, 2.75) is 112 Å². The maximum atomic E-state index is 14.5. The van der Waals surface area contributed by atoms with Crippen molar-refractivity contribution in [3.8, 4) is 5.75 Å². The molecule has 0 radical (unpaired) electrons. The summed E-state index contributed by atoms with van der Waals surface area (Å²) in [6, 6.07) is 11.8. The number of hydrogen-bond donors (Lipinski definition) is 1. The molecule has 7 nitrogen and oxygen atoms in total. The van der Waals surface area contributed by atoms with Crippen LogP contribution in [0.3, 0.4) is 0 Å². The zero-order valence-electron chi connectivity index (χ0n) is 32.1. The van der Waals surface area contributed by atoms with Gasteiger partial charge in [0.15, 0.2) is 0 Å². The number of aliphatic imine (C=N–C) groups is 3. The average molecular weight is 749 g/mol. The van der Waals surface area contributed by atoms with Gasteiger partial charge in [0.1, 0.15) is 23.5 Å². The van der Waals surface area contributed by atoms with Gasteiger partial charge >= 0.3 is 12.4 Å². The van der Waals surface area contributed by atoms with Crippen molar-refractivity contribution in [3.05, 3.63) is 76.4 Å². The highest BCUT2D eigenvalue weighted by Gasteiger charge is 2.31. The van der Waals surface area contributed by atoms with Crippen molar-refractivity contribution >= 4 is 40.7 Å². The van der Waals surface area contributed by atoms with E-state index in [2.05, 4.69) is 77.8 Å². The highest BCUT2D eigenvalue weighted by molar-refractivity contribution is 8.14. The molecule has 0 heterocycles. The van der Waals surface area contributed by atoms with Gasteiger partial charge in [-0.05, 0) is 94.0 Å². The molecule has 2 atom stereocenters. The molecule has 2 aromatic rings. The fraction of sp³-hybridized carbons (Fsp3) is 0.525. The van der Waals surface area contributed by atoms with Gasteiger partial charge in [-0.15, -0.1) is 24.9 Å². The van der Waals surface area contributed by atoms with Crippen LogP contribution in [0.25, 0.3) is 0 Å². The second kappa shape index (κ2) is 24.4. The van der Waals surface area contributed by atoms with Gasteiger partial charge in [0, 0.05) is 19.7 Å². The molecule has 0 aliphatic heterocycles. The number of unbranched alkanes of at least 4 members (excludes halogenated alkanes) is 1. The maximum absolute atomic E-state index is 14.5. The molecule has 1 aliphatic carbocycles. The number of thioether (sulfide) groups is 1. The van der Waals surface area contributed by atoms with Crippen molar-refractivity contribution in [1.29, 1.82) is 0 Å². The van der Waals surface area contributed by atoms with Crippen LogP contribution < -0.4 is 10.1 Å². The van der Waals surface area contributed by atoms with Crippen LogP contribution in [0.1, 0.15) is 101 Å². The number of carbonyl (C=O) groups excluding carboxylic acids is 2. The van der Waals surface area contributed by atoms with E-state index in [1.165, 1.54) is 40.6 Å². The predicted molar refractivity (Wildman–Crippen MR) is 209 cm³/mol. The Bertz CT molecular complexity index is 1520. The monoisotopic (exact) mass is 748 g/mol. The second-order valence-corrected chi connectivity index (χ2v) is 14.0. The number of carbonyl (C=O) groups is 2. The van der Waals surface area contributed by atoms with Crippen LogP contribution >= 0.6 is 11.8 Å². The van der Waals surface area contributed by atoms with E-state index >= 15 is 0 Å². The smallest absolute Gasteiger partial charge is 0.406 e. The van der Waals surface area contributed by atoms with Crippen molar-refractivity contribution < 1.29 is 31.9 Å². The summed E-state index contributed by atoms with van der Waals surface area (Å²) in [4.78, 5) is 35.6. The second-order valence-electron chi connectivity index (χ2n) is 12.8. The number of hydrogen-bond acceptors (Lipinski definition) is 5. The van der Waals surface area contributed by atoms with Gasteiger partial charge in [0.05, 0.1) is 17.3 Å². The molecule has 2 amide bonds. The molecule has 1 N–H and O–H groups in total. The number of ketones is 1. The summed E-state index contributed by atoms with van der Waals surface area (Å²) in [5.74, 6) is 1.45. The summed E-state index contributed by atoms with van der Waals surface area (Å²) in [5, 5.41) is 3.02. The summed E-state index contributed by atoms with van der Waals surface area (Å²) in [7, 11) is 1.72. The standard InChI is InChI=1S/C21H33FN4O2S.C11H16.C8H7F3O/c1-5-7-12-24-20(23-4)17-10-8-16(9-11-17)19(22)13-25-21(28)26-15(3)29-14-18(27)6-2;1-8(2)11-6-5-9(3)7-10(11)4;1-6-2-4-7(5-3-6)12-8(9,10)11/h10,12,16,19H,5-9,11,13-14H2,1-4H3,(H,25,28);5-8H,1-4H3;2-5H,1H3/b23-20?,24-12?,26-15-;;. The summed E-state index contributed by atoms with van der Waals surface area (Å²) < 4.78 is 53.1. The zero-order chi connectivity index (χ0) is 39.3. The lowest BCUT2D eigenvalue weighted by atomic mass is 9.86. The first-order valence-electron chi connectivity index (χ1n) is 17.7. The van der Waals surface area contributed by atoms with E-state index in [0.29, 0.717) is 36.0 Å². The Morgan fingerprint density at radius 1 is 1.06 bits per heavy atom. The van der Waals surface area contributed by atoms with E-state index in [0.717, 1.165) is 36.2 Å². The quantitative estimate of drug-likeness (QED) is 0.141. The van der Waals surface area contributed by atoms with Gasteiger partial charge < -0.3 is 10.1 Å². The molecule has 0 spiro atoms. The third-order valence-corrected chi connectivity index (χ3v) is 8.91. The molecule has 52 heavy (non-hydrogen) atoms. The first-order valence-corrected chi connectivity index (χ1v) is 18.7. The first-order chi connectivity index (χ1) is 24.5. The Morgan fingerprint density at radius 3 is 2.23 bits per heavy atom. The number of ether oxygens (including phenoxy) is 1. The summed E-state index contributed by atoms with van der Waals surface area (Å²) in [6.45, 7) is 16.1. The normalized spacial score (nSPS) is 15.6. The van der Waals surface area contributed by atoms with Crippen LogP contribution in [0.2, 0.25) is 0 Å². The third kappa shape index (κ3) is 19.7. The Kier molecular flexibility index (Phi) is 21.7. The Morgan fingerprint density at radius 2 is 1.71 bits per heavy atom. The molecular formula is C40H56F4N4O3S.